The fourth-order valence-electron chi connectivity index (χ4n) is 12.6. The Hall–Kier alpha value is -1.48. The fraction of sp³-hybridized carbons (Fsp3) is 0.762. The van der Waals surface area contributed by atoms with Gasteiger partial charge in [-0.3, -0.25) is 9.79 Å². The van der Waals surface area contributed by atoms with Gasteiger partial charge < -0.3 is 21.3 Å². The second-order valence-electron chi connectivity index (χ2n) is 17.7. The standard InChI is InChI=1S/C42H63N3O3S2/c1-28(2)20-29-10-7-11-30(21-29)22-33-26-44-38(43)45-42(33)16-8-12-34-36-24-32-23-31(27-47)35(13-9-18-46)41(36,25-37(34)48)39(32,3)17-19-49-50-40(42)14-5-4-6-15-40/h7,10-11,21,28,31-33,35,46-47H,4-6,8-9,12-20,22-27H2,1-3H3,(H3,43,44,45)/t31-,32-,33+,35-,39+,41+,42+/m1/s1. The van der Waals surface area contributed by atoms with Crippen LogP contribution in [0.2, 0.25) is 0 Å². The first kappa shape index (κ1) is 36.9. The van der Waals surface area contributed by atoms with Gasteiger partial charge in [-0.15, -0.1) is 0 Å². The highest BCUT2D eigenvalue weighted by molar-refractivity contribution is 8.77. The van der Waals surface area contributed by atoms with Crippen LogP contribution in [-0.4, -0.2) is 57.8 Å². The van der Waals surface area contributed by atoms with E-state index in [2.05, 4.69) is 71.9 Å². The molecule has 7 atom stereocenters. The number of nitrogens with zero attached hydrogens (tertiary/aromatic N) is 1. The summed E-state index contributed by atoms with van der Waals surface area (Å²) in [6, 6.07) is 9.29. The SMILES string of the molecule is CC(C)Cc1cccc(C[C@H]2CN=C(N)N[C@@]23CCCC2=C4C[C@H]5C[C@H](CO)[C@@H](CCCO)[C@]4(CC2=O)[C@@]5(C)CCSSC32CCCCC2)c1. The first-order valence-corrected chi connectivity index (χ1v) is 22.4. The third-order valence-electron chi connectivity index (χ3n) is 14.8. The molecule has 276 valence electrons. The summed E-state index contributed by atoms with van der Waals surface area (Å²) in [6.45, 7) is 8.21. The minimum atomic E-state index is -0.214. The quantitative estimate of drug-likeness (QED) is 0.201. The first-order chi connectivity index (χ1) is 24.1. The number of aliphatic imine (C=N–C) groups is 1. The van der Waals surface area contributed by atoms with E-state index in [9.17, 15) is 15.0 Å². The number of hydrogen-bond donors (Lipinski definition) is 4. The fourth-order valence-corrected chi connectivity index (χ4v) is 16.5. The number of Topliss-reactive ketones (excluding diaryl/α,β-unsaturated/α-hetero) is 1. The summed E-state index contributed by atoms with van der Waals surface area (Å²) in [4.78, 5) is 19.3. The topological polar surface area (TPSA) is 108 Å². The van der Waals surface area contributed by atoms with Crippen molar-refractivity contribution < 1.29 is 15.0 Å². The normalized spacial score (nSPS) is 37.0. The Morgan fingerprint density at radius 1 is 1.08 bits per heavy atom. The van der Waals surface area contributed by atoms with Crippen molar-refractivity contribution in [2.24, 2.45) is 51.1 Å². The predicted octanol–water partition coefficient (Wildman–Crippen LogP) is 8.04. The van der Waals surface area contributed by atoms with Crippen LogP contribution < -0.4 is 11.1 Å². The molecule has 6 nitrogen and oxygen atoms in total. The number of hydrogen-bond acceptors (Lipinski definition) is 8. The van der Waals surface area contributed by atoms with E-state index < -0.39 is 0 Å². The van der Waals surface area contributed by atoms with E-state index in [4.69, 9.17) is 10.7 Å². The van der Waals surface area contributed by atoms with Gasteiger partial charge in [0.2, 0.25) is 0 Å². The van der Waals surface area contributed by atoms with Gasteiger partial charge in [0.1, 0.15) is 0 Å². The number of ketones is 1. The number of carbonyl (C=O) groups excluding carboxylic acids is 1. The number of benzene rings is 1. The van der Waals surface area contributed by atoms with E-state index in [0.29, 0.717) is 35.9 Å². The number of guanidine groups is 1. The first-order valence-electron chi connectivity index (χ1n) is 20.1. The molecule has 3 spiro atoms. The van der Waals surface area contributed by atoms with Crippen molar-refractivity contribution in [1.29, 1.82) is 0 Å². The van der Waals surface area contributed by atoms with E-state index in [-0.39, 0.29) is 46.2 Å². The number of carbonyl (C=O) groups is 1. The lowest BCUT2D eigenvalue weighted by atomic mass is 9.47. The highest BCUT2D eigenvalue weighted by Crippen LogP contribution is 2.75. The van der Waals surface area contributed by atoms with Crippen LogP contribution in [0, 0.1) is 40.4 Å². The van der Waals surface area contributed by atoms with Crippen molar-refractivity contribution in [2.75, 3.05) is 25.5 Å². The van der Waals surface area contributed by atoms with Gasteiger partial charge in [-0.25, -0.2) is 0 Å². The third-order valence-corrected chi connectivity index (χ3v) is 18.2. The Morgan fingerprint density at radius 3 is 2.64 bits per heavy atom. The van der Waals surface area contributed by atoms with Crippen molar-refractivity contribution in [3.63, 3.8) is 0 Å². The molecule has 2 aliphatic heterocycles. The number of nitrogens with one attached hydrogen (secondary N) is 1. The smallest absolute Gasteiger partial charge is 0.189 e. The van der Waals surface area contributed by atoms with Crippen molar-refractivity contribution in [3.05, 3.63) is 46.5 Å². The van der Waals surface area contributed by atoms with Crippen molar-refractivity contribution in [1.82, 2.24) is 5.32 Å². The van der Waals surface area contributed by atoms with E-state index in [1.807, 2.05) is 0 Å². The highest BCUT2D eigenvalue weighted by atomic mass is 33.1. The molecule has 0 amide bonds. The van der Waals surface area contributed by atoms with Crippen LogP contribution >= 0.6 is 21.6 Å². The molecule has 1 aromatic carbocycles. The van der Waals surface area contributed by atoms with Crippen molar-refractivity contribution in [2.45, 2.75) is 134 Å². The molecular weight excluding hydrogens is 659 g/mol. The van der Waals surface area contributed by atoms with Gasteiger partial charge in [0, 0.05) is 48.0 Å². The van der Waals surface area contributed by atoms with Gasteiger partial charge in [-0.05, 0) is 123 Å². The number of aliphatic hydroxyl groups is 2. The predicted molar refractivity (Wildman–Crippen MR) is 209 cm³/mol. The number of nitrogens with two attached hydrogens (primary N) is 1. The van der Waals surface area contributed by atoms with Crippen LogP contribution in [-0.2, 0) is 17.6 Å². The number of allylic oxidation sites excluding steroid dienone is 2. The molecule has 5 bridgehead atoms. The molecule has 0 unspecified atom stereocenters. The zero-order valence-electron chi connectivity index (χ0n) is 31.0. The van der Waals surface area contributed by atoms with E-state index in [0.717, 1.165) is 82.1 Å². The van der Waals surface area contributed by atoms with Crippen LogP contribution in [0.5, 0.6) is 0 Å². The molecule has 0 radical (unpaired) electrons. The van der Waals surface area contributed by atoms with Crippen LogP contribution in [0.3, 0.4) is 0 Å². The van der Waals surface area contributed by atoms with E-state index in [1.54, 1.807) is 0 Å². The molecule has 4 aliphatic carbocycles. The molecule has 1 aromatic rings. The zero-order valence-corrected chi connectivity index (χ0v) is 32.6. The van der Waals surface area contributed by atoms with Gasteiger partial charge >= 0.3 is 0 Å². The maximum absolute atomic E-state index is 14.4. The number of aliphatic hydroxyl groups excluding tert-OH is 2. The van der Waals surface area contributed by atoms with Crippen LogP contribution in [0.1, 0.15) is 122 Å². The molecule has 3 saturated carbocycles. The van der Waals surface area contributed by atoms with Gasteiger partial charge in [-0.1, -0.05) is 91.5 Å². The zero-order chi connectivity index (χ0) is 35.1. The molecule has 6 aliphatic rings. The Balaban J connectivity index is 1.28. The van der Waals surface area contributed by atoms with Crippen LogP contribution in [0.15, 0.2) is 40.4 Å². The largest absolute Gasteiger partial charge is 0.396 e. The summed E-state index contributed by atoms with van der Waals surface area (Å²) >= 11 is 0. The average molecular weight is 722 g/mol. The number of rotatable bonds is 8. The van der Waals surface area contributed by atoms with E-state index in [1.165, 1.54) is 48.8 Å². The molecule has 0 saturated heterocycles. The molecule has 7 rings (SSSR count). The average Bonchev–Trinajstić information content (AvgIpc) is 3.43. The minimum Gasteiger partial charge on any atom is -0.396 e. The summed E-state index contributed by atoms with van der Waals surface area (Å²) < 4.78 is 0.0330. The van der Waals surface area contributed by atoms with Gasteiger partial charge in [0.25, 0.3) is 0 Å². The molecule has 2 heterocycles. The third kappa shape index (κ3) is 6.12. The Morgan fingerprint density at radius 2 is 1.88 bits per heavy atom. The van der Waals surface area contributed by atoms with Crippen molar-refractivity contribution in [3.8, 4) is 0 Å². The molecule has 3 fully saturated rings. The van der Waals surface area contributed by atoms with Gasteiger partial charge in [-0.2, -0.15) is 0 Å². The highest BCUT2D eigenvalue weighted by Gasteiger charge is 2.70. The van der Waals surface area contributed by atoms with Crippen LogP contribution in [0.4, 0.5) is 0 Å². The molecule has 50 heavy (non-hydrogen) atoms. The molecule has 5 N–H and O–H groups in total. The van der Waals surface area contributed by atoms with Gasteiger partial charge in [0.05, 0.1) is 5.54 Å². The monoisotopic (exact) mass is 721 g/mol. The number of fused-ring (bicyclic) bond motifs is 1. The molecule has 0 aromatic heterocycles. The summed E-state index contributed by atoms with van der Waals surface area (Å²) in [5.41, 5.74) is 11.8. The Bertz CT molecular complexity index is 1470. The maximum Gasteiger partial charge on any atom is 0.189 e. The molecular formula is C42H63N3O3S2. The minimum absolute atomic E-state index is 0.0330. The van der Waals surface area contributed by atoms with Crippen molar-refractivity contribution >= 4 is 33.3 Å². The lowest BCUT2D eigenvalue weighted by Gasteiger charge is -2.58. The second-order valence-corrected chi connectivity index (χ2v) is 20.5. The molecule has 8 heteroatoms. The lowest BCUT2D eigenvalue weighted by molar-refractivity contribution is -0.125. The summed E-state index contributed by atoms with van der Waals surface area (Å²) in [5.74, 6) is 3.94. The van der Waals surface area contributed by atoms with Gasteiger partial charge in [0.15, 0.2) is 11.7 Å². The summed E-state index contributed by atoms with van der Waals surface area (Å²) in [5, 5.41) is 24.6. The lowest BCUT2D eigenvalue weighted by Crippen LogP contribution is -2.71. The Labute approximate surface area is 309 Å². The maximum atomic E-state index is 14.4. The Kier molecular flexibility index (Phi) is 10.9. The summed E-state index contributed by atoms with van der Waals surface area (Å²) in [7, 11) is 4.28. The summed E-state index contributed by atoms with van der Waals surface area (Å²) in [6.07, 6.45) is 16.4. The second kappa shape index (κ2) is 14.7. The van der Waals surface area contributed by atoms with Crippen LogP contribution in [0.25, 0.3) is 0 Å². The van der Waals surface area contributed by atoms with E-state index >= 15 is 0 Å².